The van der Waals surface area contributed by atoms with E-state index in [1.165, 1.54) is 42.7 Å². The van der Waals surface area contributed by atoms with E-state index in [9.17, 15) is 13.2 Å². The summed E-state index contributed by atoms with van der Waals surface area (Å²) in [5, 5.41) is 0. The molecule has 9 heteroatoms. The monoisotopic (exact) mass is 402 g/mol. The highest BCUT2D eigenvalue weighted by Gasteiger charge is 2.16. The Bertz CT molecular complexity index is 819. The number of halogens is 1. The SMILES string of the molecule is COCCNS(=O)(=O)c1ccc(C(=O)N(C)Cc2ccc(Cl)s2)cc1. The quantitative estimate of drug-likeness (QED) is 0.688. The number of benzene rings is 1. The summed E-state index contributed by atoms with van der Waals surface area (Å²) in [5.41, 5.74) is 0.418. The number of carbonyl (C=O) groups is 1. The van der Waals surface area contributed by atoms with Gasteiger partial charge in [0.1, 0.15) is 0 Å². The molecule has 0 saturated carbocycles. The van der Waals surface area contributed by atoms with E-state index in [1.54, 1.807) is 18.0 Å². The van der Waals surface area contributed by atoms with Gasteiger partial charge in [-0.05, 0) is 36.4 Å². The lowest BCUT2D eigenvalue weighted by Crippen LogP contribution is -2.28. The number of amides is 1. The first kappa shape index (κ1) is 19.9. The zero-order valence-corrected chi connectivity index (χ0v) is 16.2. The molecule has 0 fully saturated rings. The molecule has 0 aliphatic heterocycles. The third-order valence-electron chi connectivity index (χ3n) is 3.38. The van der Waals surface area contributed by atoms with E-state index in [2.05, 4.69) is 4.72 Å². The Morgan fingerprint density at radius 2 is 1.92 bits per heavy atom. The fourth-order valence-corrected chi connectivity index (χ4v) is 4.25. The van der Waals surface area contributed by atoms with Crippen LogP contribution in [0.4, 0.5) is 0 Å². The number of carbonyl (C=O) groups excluding carboxylic acids is 1. The van der Waals surface area contributed by atoms with Crippen LogP contribution >= 0.6 is 22.9 Å². The first-order valence-corrected chi connectivity index (χ1v) is 10.1. The number of rotatable bonds is 8. The first-order valence-electron chi connectivity index (χ1n) is 7.42. The lowest BCUT2D eigenvalue weighted by molar-refractivity contribution is 0.0786. The minimum atomic E-state index is -3.61. The van der Waals surface area contributed by atoms with Gasteiger partial charge in [-0.3, -0.25) is 4.79 Å². The number of nitrogens with one attached hydrogen (secondary N) is 1. The van der Waals surface area contributed by atoms with Crippen molar-refractivity contribution in [1.82, 2.24) is 9.62 Å². The van der Waals surface area contributed by atoms with Crippen LogP contribution < -0.4 is 4.72 Å². The molecule has 0 aliphatic carbocycles. The Balaban J connectivity index is 2.04. The van der Waals surface area contributed by atoms with Gasteiger partial charge in [0.15, 0.2) is 0 Å². The van der Waals surface area contributed by atoms with E-state index >= 15 is 0 Å². The molecule has 0 spiro atoms. The average Bonchev–Trinajstić information content (AvgIpc) is 2.99. The lowest BCUT2D eigenvalue weighted by Gasteiger charge is -2.16. The second-order valence-corrected chi connectivity index (χ2v) is 8.85. The molecule has 0 atom stereocenters. The summed E-state index contributed by atoms with van der Waals surface area (Å²) in [6.07, 6.45) is 0. The molecule has 1 aromatic heterocycles. The molecule has 1 aromatic carbocycles. The maximum atomic E-state index is 12.4. The highest BCUT2D eigenvalue weighted by molar-refractivity contribution is 7.89. The minimum Gasteiger partial charge on any atom is -0.383 e. The van der Waals surface area contributed by atoms with Crippen molar-refractivity contribution in [2.24, 2.45) is 0 Å². The van der Waals surface area contributed by atoms with Crippen LogP contribution in [-0.2, 0) is 21.3 Å². The molecule has 1 heterocycles. The van der Waals surface area contributed by atoms with E-state index in [0.717, 1.165) is 4.88 Å². The molecule has 6 nitrogen and oxygen atoms in total. The number of thiophene rings is 1. The Morgan fingerprint density at radius 1 is 1.24 bits per heavy atom. The number of methoxy groups -OCH3 is 1. The highest BCUT2D eigenvalue weighted by atomic mass is 35.5. The average molecular weight is 403 g/mol. The molecular formula is C16H19ClN2O4S2. The van der Waals surface area contributed by atoms with Gasteiger partial charge in [-0.15, -0.1) is 11.3 Å². The minimum absolute atomic E-state index is 0.104. The number of hydrogen-bond acceptors (Lipinski definition) is 5. The van der Waals surface area contributed by atoms with E-state index in [0.29, 0.717) is 16.4 Å². The topological polar surface area (TPSA) is 75.7 Å². The molecule has 0 aliphatic rings. The standard InChI is InChI=1S/C16H19ClN2O4S2/c1-19(11-13-5-8-15(17)24-13)16(20)12-3-6-14(7-4-12)25(21,22)18-9-10-23-2/h3-8,18H,9-11H2,1-2H3. The second kappa shape index (κ2) is 8.77. The van der Waals surface area contributed by atoms with Crippen LogP contribution in [0.3, 0.4) is 0 Å². The maximum absolute atomic E-state index is 12.4. The maximum Gasteiger partial charge on any atom is 0.253 e. The third kappa shape index (κ3) is 5.52. The van der Waals surface area contributed by atoms with Gasteiger partial charge in [-0.25, -0.2) is 13.1 Å². The van der Waals surface area contributed by atoms with E-state index in [4.69, 9.17) is 16.3 Å². The van der Waals surface area contributed by atoms with E-state index < -0.39 is 10.0 Å². The van der Waals surface area contributed by atoms with E-state index in [-0.39, 0.29) is 24.0 Å². The smallest absolute Gasteiger partial charge is 0.253 e. The zero-order chi connectivity index (χ0) is 18.4. The van der Waals surface area contributed by atoms with Crippen molar-refractivity contribution in [3.05, 3.63) is 51.2 Å². The molecule has 1 amide bonds. The Kier molecular flexibility index (Phi) is 6.97. The van der Waals surface area contributed by atoms with Crippen LogP contribution in [0.25, 0.3) is 0 Å². The van der Waals surface area contributed by atoms with Crippen LogP contribution in [0.2, 0.25) is 4.34 Å². The first-order chi connectivity index (χ1) is 11.8. The van der Waals surface area contributed by atoms with Gasteiger partial charge in [0.25, 0.3) is 5.91 Å². The number of nitrogens with zero attached hydrogens (tertiary/aromatic N) is 1. The summed E-state index contributed by atoms with van der Waals surface area (Å²) in [4.78, 5) is 15.1. The number of ether oxygens (including phenoxy) is 1. The molecule has 25 heavy (non-hydrogen) atoms. The van der Waals surface area contributed by atoms with Gasteiger partial charge >= 0.3 is 0 Å². The van der Waals surface area contributed by atoms with Crippen molar-refractivity contribution in [2.75, 3.05) is 27.3 Å². The summed E-state index contributed by atoms with van der Waals surface area (Å²) in [5.74, 6) is -0.194. The predicted molar refractivity (Wildman–Crippen MR) is 98.6 cm³/mol. The van der Waals surface area contributed by atoms with Crippen molar-refractivity contribution >= 4 is 38.9 Å². The van der Waals surface area contributed by atoms with Crippen LogP contribution in [0.15, 0.2) is 41.3 Å². The zero-order valence-electron chi connectivity index (χ0n) is 13.9. The molecule has 0 radical (unpaired) electrons. The van der Waals surface area contributed by atoms with Gasteiger partial charge in [0, 0.05) is 31.1 Å². The van der Waals surface area contributed by atoms with Crippen LogP contribution in [0.1, 0.15) is 15.2 Å². The fourth-order valence-electron chi connectivity index (χ4n) is 2.10. The van der Waals surface area contributed by atoms with Crippen LogP contribution in [0, 0.1) is 0 Å². The molecule has 136 valence electrons. The molecule has 2 rings (SSSR count). The third-order valence-corrected chi connectivity index (χ3v) is 6.07. The van der Waals surface area contributed by atoms with Crippen molar-refractivity contribution in [1.29, 1.82) is 0 Å². The molecule has 0 bridgehead atoms. The van der Waals surface area contributed by atoms with Gasteiger partial charge in [-0.1, -0.05) is 11.6 Å². The second-order valence-electron chi connectivity index (χ2n) is 5.28. The van der Waals surface area contributed by atoms with Crippen LogP contribution in [0.5, 0.6) is 0 Å². The summed E-state index contributed by atoms with van der Waals surface area (Å²) < 4.78 is 32.1. The van der Waals surface area contributed by atoms with Gasteiger partial charge in [-0.2, -0.15) is 0 Å². The molecule has 1 N–H and O–H groups in total. The molecule has 0 unspecified atom stereocenters. The summed E-state index contributed by atoms with van der Waals surface area (Å²) in [7, 11) is -0.426. The summed E-state index contributed by atoms with van der Waals surface area (Å²) in [6, 6.07) is 9.50. The van der Waals surface area contributed by atoms with E-state index in [1.807, 2.05) is 6.07 Å². The Labute approximate surface area is 156 Å². The van der Waals surface area contributed by atoms with Crippen molar-refractivity contribution in [2.45, 2.75) is 11.4 Å². The largest absolute Gasteiger partial charge is 0.383 e. The fraction of sp³-hybridized carbons (Fsp3) is 0.312. The molecule has 0 saturated heterocycles. The van der Waals surface area contributed by atoms with Crippen LogP contribution in [-0.4, -0.2) is 46.5 Å². The highest BCUT2D eigenvalue weighted by Crippen LogP contribution is 2.23. The normalized spacial score (nSPS) is 11.5. The number of sulfonamides is 1. The van der Waals surface area contributed by atoms with Gasteiger partial charge in [0.05, 0.1) is 22.4 Å². The van der Waals surface area contributed by atoms with Gasteiger partial charge < -0.3 is 9.64 Å². The molecular weight excluding hydrogens is 384 g/mol. The van der Waals surface area contributed by atoms with Crippen molar-refractivity contribution in [3.8, 4) is 0 Å². The summed E-state index contributed by atoms with van der Waals surface area (Å²) in [6.45, 7) is 0.911. The summed E-state index contributed by atoms with van der Waals surface area (Å²) >= 11 is 7.31. The molecule has 2 aromatic rings. The van der Waals surface area contributed by atoms with Gasteiger partial charge in [0.2, 0.25) is 10.0 Å². The van der Waals surface area contributed by atoms with Crippen molar-refractivity contribution < 1.29 is 17.9 Å². The Hall–Kier alpha value is -1.45. The lowest BCUT2D eigenvalue weighted by atomic mass is 10.2. The van der Waals surface area contributed by atoms with Crippen molar-refractivity contribution in [3.63, 3.8) is 0 Å². The number of hydrogen-bond donors (Lipinski definition) is 1. The predicted octanol–water partition coefficient (Wildman–Crippen LogP) is 2.60. The Morgan fingerprint density at radius 3 is 2.48 bits per heavy atom.